The molecule has 0 saturated carbocycles. The normalized spacial score (nSPS) is 19.1. The lowest BCUT2D eigenvalue weighted by molar-refractivity contribution is -0.135. The minimum atomic E-state index is -0.239. The lowest BCUT2D eigenvalue weighted by Gasteiger charge is -2.24. The van der Waals surface area contributed by atoms with E-state index in [1.807, 2.05) is 28.0 Å². The number of hydrogen-bond donors (Lipinski definition) is 0. The Kier molecular flexibility index (Phi) is 8.29. The molecule has 7 nitrogen and oxygen atoms in total. The van der Waals surface area contributed by atoms with Gasteiger partial charge in [0.25, 0.3) is 0 Å². The Balaban J connectivity index is 1.27. The van der Waals surface area contributed by atoms with Crippen LogP contribution in [0.15, 0.2) is 42.5 Å². The van der Waals surface area contributed by atoms with Gasteiger partial charge in [-0.3, -0.25) is 14.5 Å². The summed E-state index contributed by atoms with van der Waals surface area (Å²) in [5.41, 5.74) is 3.65. The number of hydrogen-bond acceptors (Lipinski definition) is 5. The molecule has 0 aliphatic carbocycles. The van der Waals surface area contributed by atoms with Gasteiger partial charge in [0.1, 0.15) is 0 Å². The molecule has 0 N–H and O–H groups in total. The third-order valence-electron chi connectivity index (χ3n) is 7.11. The topological polar surface area (TPSA) is 62.3 Å². The molecule has 0 aromatic heterocycles. The second-order valence-corrected chi connectivity index (χ2v) is 9.62. The largest absolute Gasteiger partial charge is 0.493 e. The average molecular weight is 480 g/mol. The van der Waals surface area contributed by atoms with Crippen molar-refractivity contribution in [3.8, 4) is 11.5 Å². The monoisotopic (exact) mass is 479 g/mol. The van der Waals surface area contributed by atoms with Gasteiger partial charge in [-0.2, -0.15) is 0 Å². The fourth-order valence-corrected chi connectivity index (χ4v) is 5.01. The van der Waals surface area contributed by atoms with Crippen molar-refractivity contribution in [2.45, 2.75) is 32.7 Å². The Hall–Kier alpha value is -3.06. The van der Waals surface area contributed by atoms with Crippen molar-refractivity contribution in [3.63, 3.8) is 0 Å². The molecule has 0 radical (unpaired) electrons. The van der Waals surface area contributed by atoms with Crippen LogP contribution in [0.3, 0.4) is 0 Å². The van der Waals surface area contributed by atoms with Crippen LogP contribution in [-0.2, 0) is 22.6 Å². The first-order chi connectivity index (χ1) is 17.0. The summed E-state index contributed by atoms with van der Waals surface area (Å²) < 4.78 is 10.7. The summed E-state index contributed by atoms with van der Waals surface area (Å²) in [5, 5.41) is 0. The number of benzene rings is 2. The van der Waals surface area contributed by atoms with Gasteiger partial charge in [0.05, 0.1) is 20.1 Å². The predicted molar refractivity (Wildman–Crippen MR) is 136 cm³/mol. The predicted octanol–water partition coefficient (Wildman–Crippen LogP) is 3.14. The maximum absolute atomic E-state index is 13.3. The number of aryl methyl sites for hydroxylation is 1. The van der Waals surface area contributed by atoms with E-state index in [1.54, 1.807) is 14.2 Å². The van der Waals surface area contributed by atoms with E-state index in [1.165, 1.54) is 11.1 Å². The molecular weight excluding hydrogens is 442 g/mol. The second-order valence-electron chi connectivity index (χ2n) is 9.62. The van der Waals surface area contributed by atoms with E-state index in [0.29, 0.717) is 37.4 Å². The van der Waals surface area contributed by atoms with Gasteiger partial charge in [-0.05, 0) is 43.0 Å². The number of likely N-dealkylation sites (tertiary alicyclic amines) is 1. The highest BCUT2D eigenvalue weighted by atomic mass is 16.5. The maximum Gasteiger partial charge on any atom is 0.228 e. The molecule has 35 heavy (non-hydrogen) atoms. The number of ether oxygens (including phenoxy) is 2. The average Bonchev–Trinajstić information content (AvgIpc) is 3.09. The first-order valence-electron chi connectivity index (χ1n) is 12.5. The Bertz CT molecular complexity index is 1020. The summed E-state index contributed by atoms with van der Waals surface area (Å²) in [6.45, 7) is 7.46. The Morgan fingerprint density at radius 3 is 2.43 bits per heavy atom. The number of nitrogens with zero attached hydrogens (tertiary/aromatic N) is 3. The summed E-state index contributed by atoms with van der Waals surface area (Å²) in [6.07, 6.45) is 1.99. The number of carbonyl (C=O) groups is 2. The van der Waals surface area contributed by atoms with Crippen molar-refractivity contribution in [1.82, 2.24) is 14.7 Å². The summed E-state index contributed by atoms with van der Waals surface area (Å²) in [5.74, 6) is 1.33. The smallest absolute Gasteiger partial charge is 0.228 e. The Morgan fingerprint density at radius 1 is 0.943 bits per heavy atom. The van der Waals surface area contributed by atoms with Crippen LogP contribution in [-0.4, -0.2) is 80.0 Å². The molecule has 188 valence electrons. The summed E-state index contributed by atoms with van der Waals surface area (Å²) in [7, 11) is 3.23. The molecule has 0 bridgehead atoms. The van der Waals surface area contributed by atoms with Crippen LogP contribution in [0.5, 0.6) is 11.5 Å². The van der Waals surface area contributed by atoms with E-state index in [9.17, 15) is 9.59 Å². The van der Waals surface area contributed by atoms with E-state index in [4.69, 9.17) is 9.47 Å². The molecule has 2 amide bonds. The van der Waals surface area contributed by atoms with E-state index in [0.717, 1.165) is 44.7 Å². The van der Waals surface area contributed by atoms with Crippen LogP contribution in [0.4, 0.5) is 0 Å². The van der Waals surface area contributed by atoms with Crippen LogP contribution >= 0.6 is 0 Å². The van der Waals surface area contributed by atoms with Gasteiger partial charge in [0.2, 0.25) is 11.8 Å². The molecule has 4 rings (SSSR count). The van der Waals surface area contributed by atoms with Crippen molar-refractivity contribution in [3.05, 3.63) is 59.2 Å². The fraction of sp³-hybridized carbons (Fsp3) is 0.500. The third-order valence-corrected chi connectivity index (χ3v) is 7.11. The van der Waals surface area contributed by atoms with Crippen LogP contribution in [0, 0.1) is 12.8 Å². The van der Waals surface area contributed by atoms with Gasteiger partial charge in [-0.15, -0.1) is 0 Å². The van der Waals surface area contributed by atoms with E-state index < -0.39 is 0 Å². The minimum Gasteiger partial charge on any atom is -0.493 e. The number of methoxy groups -OCH3 is 2. The van der Waals surface area contributed by atoms with Crippen molar-refractivity contribution in [2.75, 3.05) is 53.5 Å². The molecule has 2 fully saturated rings. The SMILES string of the molecule is COc1ccc(CCN2C[C@H](C(=O)N3CCCN(Cc4ccc(C)cc4)CC3)CC2=O)cc1OC. The quantitative estimate of drug-likeness (QED) is 0.582. The zero-order valence-corrected chi connectivity index (χ0v) is 21.2. The van der Waals surface area contributed by atoms with Crippen molar-refractivity contribution < 1.29 is 19.1 Å². The van der Waals surface area contributed by atoms with Crippen LogP contribution in [0.25, 0.3) is 0 Å². The maximum atomic E-state index is 13.3. The third kappa shape index (κ3) is 6.34. The van der Waals surface area contributed by atoms with Gasteiger partial charge in [-0.25, -0.2) is 0 Å². The van der Waals surface area contributed by atoms with Gasteiger partial charge in [0.15, 0.2) is 11.5 Å². The molecule has 2 aliphatic heterocycles. The van der Waals surface area contributed by atoms with Gasteiger partial charge < -0.3 is 19.3 Å². The molecular formula is C28H37N3O4. The first-order valence-corrected chi connectivity index (χ1v) is 12.5. The number of amides is 2. The molecule has 2 saturated heterocycles. The zero-order valence-electron chi connectivity index (χ0n) is 21.2. The highest BCUT2D eigenvalue weighted by Crippen LogP contribution is 2.28. The van der Waals surface area contributed by atoms with Crippen molar-refractivity contribution in [2.24, 2.45) is 5.92 Å². The first kappa shape index (κ1) is 25.0. The molecule has 7 heteroatoms. The number of rotatable bonds is 8. The van der Waals surface area contributed by atoms with E-state index in [-0.39, 0.29) is 17.7 Å². The molecule has 2 aliphatic rings. The zero-order chi connectivity index (χ0) is 24.8. The molecule has 0 spiro atoms. The summed E-state index contributed by atoms with van der Waals surface area (Å²) in [6, 6.07) is 14.5. The fourth-order valence-electron chi connectivity index (χ4n) is 5.01. The van der Waals surface area contributed by atoms with E-state index in [2.05, 4.69) is 36.1 Å². The molecule has 1 atom stereocenters. The lowest BCUT2D eigenvalue weighted by atomic mass is 10.1. The van der Waals surface area contributed by atoms with Crippen LogP contribution in [0.2, 0.25) is 0 Å². The van der Waals surface area contributed by atoms with Crippen molar-refractivity contribution >= 4 is 11.8 Å². The second kappa shape index (κ2) is 11.6. The summed E-state index contributed by atoms with van der Waals surface area (Å²) in [4.78, 5) is 32.2. The summed E-state index contributed by atoms with van der Waals surface area (Å²) >= 11 is 0. The molecule has 0 unspecified atom stereocenters. The van der Waals surface area contributed by atoms with Crippen molar-refractivity contribution in [1.29, 1.82) is 0 Å². The van der Waals surface area contributed by atoms with Crippen LogP contribution < -0.4 is 9.47 Å². The highest BCUT2D eigenvalue weighted by molar-refractivity contribution is 5.89. The lowest BCUT2D eigenvalue weighted by Crippen LogP contribution is -2.40. The molecule has 2 aromatic carbocycles. The molecule has 2 heterocycles. The van der Waals surface area contributed by atoms with Gasteiger partial charge in [-0.1, -0.05) is 35.9 Å². The molecule has 2 aromatic rings. The standard InChI is InChI=1S/C28H37N3O4/c1-21-5-7-23(8-6-21)19-29-12-4-13-30(16-15-29)28(33)24-18-27(32)31(20-24)14-11-22-9-10-25(34-2)26(17-22)35-3/h5-10,17,24H,4,11-16,18-20H2,1-3H3/t24-/m1/s1. The van der Waals surface area contributed by atoms with E-state index >= 15 is 0 Å². The Morgan fingerprint density at radius 2 is 1.69 bits per heavy atom. The van der Waals surface area contributed by atoms with Gasteiger partial charge >= 0.3 is 0 Å². The minimum absolute atomic E-state index is 0.0691. The Labute approximate surface area is 208 Å². The van der Waals surface area contributed by atoms with Crippen LogP contribution in [0.1, 0.15) is 29.5 Å². The number of carbonyl (C=O) groups excluding carboxylic acids is 2. The highest BCUT2D eigenvalue weighted by Gasteiger charge is 2.36. The van der Waals surface area contributed by atoms with Gasteiger partial charge in [0, 0.05) is 52.2 Å².